The minimum atomic E-state index is -0.0664. The normalized spacial score (nSPS) is 10.0. The third kappa shape index (κ3) is 3.13. The fraction of sp³-hybridized carbons (Fsp3) is 0.462. The van der Waals surface area contributed by atoms with Gasteiger partial charge >= 0.3 is 0 Å². The summed E-state index contributed by atoms with van der Waals surface area (Å²) < 4.78 is 15.5. The lowest BCUT2D eigenvalue weighted by molar-refractivity contribution is 0.0970. The fourth-order valence-corrected chi connectivity index (χ4v) is 1.63. The monoisotopic (exact) mass is 254 g/mol. The molecular weight excluding hydrogens is 236 g/mol. The van der Waals surface area contributed by atoms with Crippen molar-refractivity contribution in [3.63, 3.8) is 0 Å². The number of ketones is 1. The zero-order valence-electron chi connectivity index (χ0n) is 10.9. The molecule has 0 spiro atoms. The first-order chi connectivity index (χ1) is 8.67. The number of methoxy groups -OCH3 is 3. The molecule has 0 aromatic heterocycles. The Morgan fingerprint density at radius 3 is 2.06 bits per heavy atom. The van der Waals surface area contributed by atoms with Crippen LogP contribution >= 0.6 is 0 Å². The summed E-state index contributed by atoms with van der Waals surface area (Å²) in [6.07, 6.45) is 0.727. The van der Waals surface area contributed by atoms with Crippen LogP contribution in [-0.4, -0.2) is 38.8 Å². The molecule has 1 N–H and O–H groups in total. The van der Waals surface area contributed by atoms with Gasteiger partial charge in [-0.2, -0.15) is 0 Å². The molecule has 0 bridgehead atoms. The third-order valence-electron chi connectivity index (χ3n) is 2.55. The molecular formula is C13H18O5. The van der Waals surface area contributed by atoms with Gasteiger partial charge in [0, 0.05) is 18.6 Å². The average Bonchev–Trinajstić information content (AvgIpc) is 2.42. The minimum absolute atomic E-state index is 0.00381. The smallest absolute Gasteiger partial charge is 0.203 e. The second-order valence-electron chi connectivity index (χ2n) is 3.66. The molecule has 0 radical (unpaired) electrons. The van der Waals surface area contributed by atoms with Crippen molar-refractivity contribution in [2.45, 2.75) is 12.8 Å². The topological polar surface area (TPSA) is 65.0 Å². The molecule has 5 heteroatoms. The van der Waals surface area contributed by atoms with E-state index in [0.717, 1.165) is 0 Å². The largest absolute Gasteiger partial charge is 0.493 e. The number of hydrogen-bond donors (Lipinski definition) is 1. The first-order valence-electron chi connectivity index (χ1n) is 5.62. The van der Waals surface area contributed by atoms with Gasteiger partial charge in [-0.1, -0.05) is 0 Å². The van der Waals surface area contributed by atoms with Crippen LogP contribution in [0.1, 0.15) is 23.2 Å². The number of rotatable bonds is 7. The molecule has 18 heavy (non-hydrogen) atoms. The molecule has 100 valence electrons. The number of aliphatic hydroxyl groups excluding tert-OH is 1. The predicted molar refractivity (Wildman–Crippen MR) is 66.7 cm³/mol. The maximum absolute atomic E-state index is 11.9. The minimum Gasteiger partial charge on any atom is -0.493 e. The zero-order valence-corrected chi connectivity index (χ0v) is 10.9. The molecule has 1 rings (SSSR count). The fourth-order valence-electron chi connectivity index (χ4n) is 1.63. The van der Waals surface area contributed by atoms with E-state index in [4.69, 9.17) is 19.3 Å². The highest BCUT2D eigenvalue weighted by Crippen LogP contribution is 2.38. The number of benzene rings is 1. The SMILES string of the molecule is COc1cc(C(=O)CCCO)cc(OC)c1OC. The van der Waals surface area contributed by atoms with E-state index < -0.39 is 0 Å². The maximum atomic E-state index is 11.9. The first kappa shape index (κ1) is 14.3. The summed E-state index contributed by atoms with van der Waals surface area (Å²) in [7, 11) is 4.51. The summed E-state index contributed by atoms with van der Waals surface area (Å²) in [5.41, 5.74) is 0.484. The van der Waals surface area contributed by atoms with Gasteiger partial charge in [0.25, 0.3) is 0 Å². The quantitative estimate of drug-likeness (QED) is 0.750. The van der Waals surface area contributed by atoms with Gasteiger partial charge in [0.2, 0.25) is 5.75 Å². The lowest BCUT2D eigenvalue weighted by Gasteiger charge is -2.13. The van der Waals surface area contributed by atoms with Crippen molar-refractivity contribution in [2.24, 2.45) is 0 Å². The summed E-state index contributed by atoms with van der Waals surface area (Å²) >= 11 is 0. The van der Waals surface area contributed by atoms with E-state index in [1.807, 2.05) is 0 Å². The van der Waals surface area contributed by atoms with Crippen LogP contribution in [0.4, 0.5) is 0 Å². The van der Waals surface area contributed by atoms with Crippen molar-refractivity contribution < 1.29 is 24.1 Å². The van der Waals surface area contributed by atoms with Gasteiger partial charge in [-0.3, -0.25) is 4.79 Å². The van der Waals surface area contributed by atoms with Crippen LogP contribution in [0.3, 0.4) is 0 Å². The molecule has 1 aromatic carbocycles. The molecule has 1 aromatic rings. The Labute approximate surface area is 106 Å². The Balaban J connectivity index is 3.10. The van der Waals surface area contributed by atoms with E-state index in [1.54, 1.807) is 12.1 Å². The lowest BCUT2D eigenvalue weighted by Crippen LogP contribution is -2.03. The van der Waals surface area contributed by atoms with E-state index in [0.29, 0.717) is 29.2 Å². The summed E-state index contributed by atoms with van der Waals surface area (Å²) in [5, 5.41) is 8.72. The Morgan fingerprint density at radius 2 is 1.67 bits per heavy atom. The van der Waals surface area contributed by atoms with E-state index in [2.05, 4.69) is 0 Å². The predicted octanol–water partition coefficient (Wildman–Crippen LogP) is 1.67. The summed E-state index contributed by atoms with van der Waals surface area (Å²) in [4.78, 5) is 11.9. The standard InChI is InChI=1S/C13H18O5/c1-16-11-7-9(10(15)5-4-6-14)8-12(17-2)13(11)18-3/h7-8,14H,4-6H2,1-3H3. The van der Waals surface area contributed by atoms with E-state index in [1.165, 1.54) is 21.3 Å². The molecule has 0 saturated heterocycles. The van der Waals surface area contributed by atoms with Crippen molar-refractivity contribution in [3.8, 4) is 17.2 Å². The molecule has 0 atom stereocenters. The summed E-state index contributed by atoms with van der Waals surface area (Å²) in [6.45, 7) is -0.00381. The highest BCUT2D eigenvalue weighted by Gasteiger charge is 2.16. The van der Waals surface area contributed by atoms with E-state index in [9.17, 15) is 4.79 Å². The summed E-state index contributed by atoms with van der Waals surface area (Å²) in [5.74, 6) is 1.29. The number of hydrogen-bond acceptors (Lipinski definition) is 5. The lowest BCUT2D eigenvalue weighted by atomic mass is 10.1. The number of Topliss-reactive ketones (excluding diaryl/α,β-unsaturated/α-hetero) is 1. The number of aliphatic hydroxyl groups is 1. The Bertz CT molecular complexity index is 389. The highest BCUT2D eigenvalue weighted by atomic mass is 16.5. The molecule has 5 nitrogen and oxygen atoms in total. The van der Waals surface area contributed by atoms with Crippen LogP contribution in [0.15, 0.2) is 12.1 Å². The number of carbonyl (C=O) groups excluding carboxylic acids is 1. The maximum Gasteiger partial charge on any atom is 0.203 e. The second kappa shape index (κ2) is 6.86. The van der Waals surface area contributed by atoms with Gasteiger partial charge in [-0.15, -0.1) is 0 Å². The van der Waals surface area contributed by atoms with E-state index in [-0.39, 0.29) is 18.8 Å². The van der Waals surface area contributed by atoms with Crippen LogP contribution in [0.25, 0.3) is 0 Å². The van der Waals surface area contributed by atoms with E-state index >= 15 is 0 Å². The van der Waals surface area contributed by atoms with Gasteiger partial charge in [-0.05, 0) is 18.6 Å². The highest BCUT2D eigenvalue weighted by molar-refractivity contribution is 5.97. The zero-order chi connectivity index (χ0) is 13.5. The van der Waals surface area contributed by atoms with Crippen LogP contribution in [-0.2, 0) is 0 Å². The first-order valence-corrected chi connectivity index (χ1v) is 5.62. The molecule has 0 amide bonds. The van der Waals surface area contributed by atoms with Crippen LogP contribution in [0, 0.1) is 0 Å². The van der Waals surface area contributed by atoms with Gasteiger partial charge in [-0.25, -0.2) is 0 Å². The Kier molecular flexibility index (Phi) is 5.45. The third-order valence-corrected chi connectivity index (χ3v) is 2.55. The van der Waals surface area contributed by atoms with Crippen LogP contribution in [0.5, 0.6) is 17.2 Å². The van der Waals surface area contributed by atoms with Crippen molar-refractivity contribution in [2.75, 3.05) is 27.9 Å². The van der Waals surface area contributed by atoms with Crippen LogP contribution < -0.4 is 14.2 Å². The second-order valence-corrected chi connectivity index (χ2v) is 3.66. The van der Waals surface area contributed by atoms with Crippen LogP contribution in [0.2, 0.25) is 0 Å². The van der Waals surface area contributed by atoms with Gasteiger partial charge in [0.05, 0.1) is 21.3 Å². The Morgan fingerprint density at radius 1 is 1.11 bits per heavy atom. The van der Waals surface area contributed by atoms with Gasteiger partial charge < -0.3 is 19.3 Å². The summed E-state index contributed by atoms with van der Waals surface area (Å²) in [6, 6.07) is 3.22. The molecule has 0 aliphatic heterocycles. The number of ether oxygens (including phenoxy) is 3. The van der Waals surface area contributed by atoms with Crippen molar-refractivity contribution in [1.29, 1.82) is 0 Å². The molecule has 0 fully saturated rings. The Hall–Kier alpha value is -1.75. The molecule has 0 aliphatic carbocycles. The van der Waals surface area contributed by atoms with Gasteiger partial charge in [0.1, 0.15) is 0 Å². The molecule has 0 aliphatic rings. The van der Waals surface area contributed by atoms with Crippen molar-refractivity contribution >= 4 is 5.78 Å². The molecule has 0 heterocycles. The van der Waals surface area contributed by atoms with Crippen molar-refractivity contribution in [1.82, 2.24) is 0 Å². The average molecular weight is 254 g/mol. The van der Waals surface area contributed by atoms with Gasteiger partial charge in [0.15, 0.2) is 17.3 Å². The van der Waals surface area contributed by atoms with Crippen molar-refractivity contribution in [3.05, 3.63) is 17.7 Å². The number of carbonyl (C=O) groups is 1. The molecule has 0 unspecified atom stereocenters. The molecule has 0 saturated carbocycles.